The van der Waals surface area contributed by atoms with E-state index in [0.717, 1.165) is 36.9 Å². The second-order valence-corrected chi connectivity index (χ2v) is 6.23. The van der Waals surface area contributed by atoms with Crippen molar-refractivity contribution in [2.24, 2.45) is 24.1 Å². The van der Waals surface area contributed by atoms with Crippen LogP contribution in [-0.2, 0) is 18.4 Å². The van der Waals surface area contributed by atoms with Crippen molar-refractivity contribution in [2.45, 2.75) is 46.1 Å². The second-order valence-electron chi connectivity index (χ2n) is 6.23. The van der Waals surface area contributed by atoms with Gasteiger partial charge in [-0.1, -0.05) is 6.92 Å². The van der Waals surface area contributed by atoms with Crippen molar-refractivity contribution in [2.75, 3.05) is 6.54 Å². The molecule has 1 saturated carbocycles. The van der Waals surface area contributed by atoms with Gasteiger partial charge >= 0.3 is 0 Å². The first-order valence-electron chi connectivity index (χ1n) is 7.44. The Morgan fingerprint density at radius 2 is 2.20 bits per heavy atom. The van der Waals surface area contributed by atoms with E-state index < -0.39 is 0 Å². The number of nitrogens with one attached hydrogen (secondary N) is 1. The summed E-state index contributed by atoms with van der Waals surface area (Å²) in [5.41, 5.74) is 7.71. The summed E-state index contributed by atoms with van der Waals surface area (Å²) >= 11 is 0. The van der Waals surface area contributed by atoms with Crippen molar-refractivity contribution < 1.29 is 4.79 Å². The first-order valence-corrected chi connectivity index (χ1v) is 7.44. The molecule has 1 aliphatic rings. The van der Waals surface area contributed by atoms with E-state index in [2.05, 4.69) is 17.3 Å². The van der Waals surface area contributed by atoms with Gasteiger partial charge in [0.15, 0.2) is 0 Å². The van der Waals surface area contributed by atoms with Crippen LogP contribution in [0.25, 0.3) is 0 Å². The smallest absolute Gasteiger partial charge is 0.227 e. The van der Waals surface area contributed by atoms with E-state index in [1.165, 1.54) is 0 Å². The van der Waals surface area contributed by atoms with Crippen molar-refractivity contribution >= 4 is 5.91 Å². The van der Waals surface area contributed by atoms with E-state index in [0.29, 0.717) is 19.0 Å². The maximum Gasteiger partial charge on any atom is 0.227 e. The number of amides is 1. The molecule has 0 unspecified atom stereocenters. The first-order chi connectivity index (χ1) is 9.48. The van der Waals surface area contributed by atoms with Crippen LogP contribution in [0.2, 0.25) is 0 Å². The van der Waals surface area contributed by atoms with Crippen LogP contribution in [0.15, 0.2) is 6.20 Å². The van der Waals surface area contributed by atoms with Gasteiger partial charge in [0.25, 0.3) is 0 Å². The maximum atomic E-state index is 12.5. The van der Waals surface area contributed by atoms with Gasteiger partial charge in [-0.25, -0.2) is 0 Å². The van der Waals surface area contributed by atoms with Gasteiger partial charge in [-0.3, -0.25) is 9.48 Å². The lowest BCUT2D eigenvalue weighted by Crippen LogP contribution is -2.47. The van der Waals surface area contributed by atoms with Crippen LogP contribution < -0.4 is 11.1 Å². The molecule has 1 aromatic rings. The van der Waals surface area contributed by atoms with Crippen LogP contribution >= 0.6 is 0 Å². The van der Waals surface area contributed by atoms with Gasteiger partial charge in [-0.05, 0) is 38.5 Å². The van der Waals surface area contributed by atoms with Crippen LogP contribution in [0.3, 0.4) is 0 Å². The number of hydrogen-bond acceptors (Lipinski definition) is 3. The number of hydrogen-bond donors (Lipinski definition) is 2. The summed E-state index contributed by atoms with van der Waals surface area (Å²) in [4.78, 5) is 12.5. The Bertz CT molecular complexity index is 472. The van der Waals surface area contributed by atoms with Gasteiger partial charge in [0.2, 0.25) is 5.91 Å². The fourth-order valence-electron chi connectivity index (χ4n) is 2.92. The molecule has 1 aromatic heterocycles. The largest absolute Gasteiger partial charge is 0.351 e. The lowest BCUT2D eigenvalue weighted by molar-refractivity contribution is -0.133. The molecule has 1 amide bonds. The number of nitrogens with zero attached hydrogens (tertiary/aromatic N) is 2. The summed E-state index contributed by atoms with van der Waals surface area (Å²) in [7, 11) is 1.91. The fraction of sp³-hybridized carbons (Fsp3) is 0.733. The number of aromatic nitrogens is 2. The SMILES string of the molecule is Cc1c(CNC(=O)C2(CN)CCC(C)CC2)cnn1C. The molecule has 0 saturated heterocycles. The van der Waals surface area contributed by atoms with Crippen molar-refractivity contribution in [1.82, 2.24) is 15.1 Å². The van der Waals surface area contributed by atoms with Gasteiger partial charge in [0, 0.05) is 31.4 Å². The zero-order valence-corrected chi connectivity index (χ0v) is 12.8. The highest BCUT2D eigenvalue weighted by Crippen LogP contribution is 2.38. The van der Waals surface area contributed by atoms with Crippen LogP contribution in [0, 0.1) is 18.3 Å². The van der Waals surface area contributed by atoms with Crippen LogP contribution in [0.1, 0.15) is 43.9 Å². The van der Waals surface area contributed by atoms with Crippen molar-refractivity contribution in [3.05, 3.63) is 17.5 Å². The van der Waals surface area contributed by atoms with Gasteiger partial charge in [-0.15, -0.1) is 0 Å². The van der Waals surface area contributed by atoms with E-state index in [-0.39, 0.29) is 11.3 Å². The average Bonchev–Trinajstić information content (AvgIpc) is 2.77. The third-order valence-corrected chi connectivity index (χ3v) is 4.88. The summed E-state index contributed by atoms with van der Waals surface area (Å²) in [6, 6.07) is 0. The Labute approximate surface area is 120 Å². The molecule has 0 aromatic carbocycles. The number of nitrogens with two attached hydrogens (primary N) is 1. The van der Waals surface area contributed by atoms with Gasteiger partial charge in [0.1, 0.15) is 0 Å². The predicted octanol–water partition coefficient (Wildman–Crippen LogP) is 1.50. The normalized spacial score (nSPS) is 26.5. The van der Waals surface area contributed by atoms with E-state index in [1.54, 1.807) is 0 Å². The van der Waals surface area contributed by atoms with Gasteiger partial charge in [0.05, 0.1) is 11.6 Å². The third-order valence-electron chi connectivity index (χ3n) is 4.88. The van der Waals surface area contributed by atoms with Crippen molar-refractivity contribution in [3.63, 3.8) is 0 Å². The van der Waals surface area contributed by atoms with Gasteiger partial charge in [-0.2, -0.15) is 5.10 Å². The Morgan fingerprint density at radius 3 is 2.70 bits per heavy atom. The molecule has 5 nitrogen and oxygen atoms in total. The Balaban J connectivity index is 1.98. The van der Waals surface area contributed by atoms with E-state index in [9.17, 15) is 4.79 Å². The Morgan fingerprint density at radius 1 is 1.55 bits per heavy atom. The van der Waals surface area contributed by atoms with E-state index in [4.69, 9.17) is 5.73 Å². The molecule has 1 aliphatic carbocycles. The minimum atomic E-state index is -0.359. The molecule has 0 bridgehead atoms. The quantitative estimate of drug-likeness (QED) is 0.876. The third kappa shape index (κ3) is 2.87. The molecule has 20 heavy (non-hydrogen) atoms. The number of aryl methyl sites for hydroxylation is 1. The monoisotopic (exact) mass is 278 g/mol. The molecule has 3 N–H and O–H groups in total. The zero-order valence-electron chi connectivity index (χ0n) is 12.8. The van der Waals surface area contributed by atoms with Crippen LogP contribution in [0.4, 0.5) is 0 Å². The second kappa shape index (κ2) is 5.95. The molecular weight excluding hydrogens is 252 g/mol. The van der Waals surface area contributed by atoms with E-state index >= 15 is 0 Å². The van der Waals surface area contributed by atoms with Crippen LogP contribution in [-0.4, -0.2) is 22.2 Å². The molecule has 0 atom stereocenters. The molecule has 1 heterocycles. The molecule has 1 fully saturated rings. The summed E-state index contributed by atoms with van der Waals surface area (Å²) in [6.07, 6.45) is 5.81. The lowest BCUT2D eigenvalue weighted by Gasteiger charge is -2.37. The Kier molecular flexibility index (Phi) is 4.48. The summed E-state index contributed by atoms with van der Waals surface area (Å²) in [5, 5.41) is 7.25. The molecule has 2 rings (SSSR count). The molecule has 0 radical (unpaired) electrons. The lowest BCUT2D eigenvalue weighted by atomic mass is 9.70. The minimum absolute atomic E-state index is 0.107. The highest BCUT2D eigenvalue weighted by molar-refractivity contribution is 5.83. The van der Waals surface area contributed by atoms with Crippen molar-refractivity contribution in [3.8, 4) is 0 Å². The molecule has 112 valence electrons. The summed E-state index contributed by atoms with van der Waals surface area (Å²) < 4.78 is 1.82. The Hall–Kier alpha value is -1.36. The molecule has 0 aliphatic heterocycles. The van der Waals surface area contributed by atoms with E-state index in [1.807, 2.05) is 24.9 Å². The number of rotatable bonds is 4. The van der Waals surface area contributed by atoms with Gasteiger partial charge < -0.3 is 11.1 Å². The number of carbonyl (C=O) groups is 1. The minimum Gasteiger partial charge on any atom is -0.351 e. The maximum absolute atomic E-state index is 12.5. The first kappa shape index (κ1) is 15.0. The topological polar surface area (TPSA) is 72.9 Å². The summed E-state index contributed by atoms with van der Waals surface area (Å²) in [6.45, 7) is 5.24. The molecule has 5 heteroatoms. The predicted molar refractivity (Wildman–Crippen MR) is 78.9 cm³/mol. The average molecular weight is 278 g/mol. The fourth-order valence-corrected chi connectivity index (χ4v) is 2.92. The zero-order chi connectivity index (χ0) is 14.8. The molecule has 0 spiro atoms. The van der Waals surface area contributed by atoms with Crippen LogP contribution in [0.5, 0.6) is 0 Å². The standard InChI is InChI=1S/C15H26N4O/c1-11-4-6-15(10-16,7-5-11)14(20)17-8-13-9-18-19(3)12(13)2/h9,11H,4-8,10,16H2,1-3H3,(H,17,20). The number of carbonyl (C=O) groups excluding carboxylic acids is 1. The van der Waals surface area contributed by atoms with Crippen molar-refractivity contribution in [1.29, 1.82) is 0 Å². The highest BCUT2D eigenvalue weighted by atomic mass is 16.2. The summed E-state index contributed by atoms with van der Waals surface area (Å²) in [5.74, 6) is 0.818. The molecular formula is C15H26N4O. The highest BCUT2D eigenvalue weighted by Gasteiger charge is 2.39.